The van der Waals surface area contributed by atoms with E-state index in [1.807, 2.05) is 24.3 Å². The molecule has 1 amide bonds. The molecule has 2 N–H and O–H groups in total. The molecule has 1 aromatic carbocycles. The van der Waals surface area contributed by atoms with Crippen molar-refractivity contribution in [1.29, 1.82) is 0 Å². The highest BCUT2D eigenvalue weighted by atomic mass is 16.5. The molecule has 1 unspecified atom stereocenters. The molecule has 1 aliphatic rings. The molecule has 1 aliphatic heterocycles. The van der Waals surface area contributed by atoms with E-state index in [0.29, 0.717) is 24.6 Å². The lowest BCUT2D eigenvalue weighted by Crippen LogP contribution is -2.36. The van der Waals surface area contributed by atoms with Crippen molar-refractivity contribution in [3.63, 3.8) is 0 Å². The largest absolute Gasteiger partial charge is 0.497 e. The first-order valence-corrected chi connectivity index (χ1v) is 7.71. The highest BCUT2D eigenvalue weighted by molar-refractivity contribution is 5.76. The van der Waals surface area contributed by atoms with Crippen LogP contribution in [-0.4, -0.2) is 42.3 Å². The van der Waals surface area contributed by atoms with Crippen molar-refractivity contribution in [3.05, 3.63) is 30.2 Å². The van der Waals surface area contributed by atoms with E-state index in [0.717, 1.165) is 30.8 Å². The van der Waals surface area contributed by atoms with E-state index in [2.05, 4.69) is 20.8 Å². The summed E-state index contributed by atoms with van der Waals surface area (Å²) in [5.41, 5.74) is 0.849. The van der Waals surface area contributed by atoms with Gasteiger partial charge in [-0.05, 0) is 37.2 Å². The van der Waals surface area contributed by atoms with Gasteiger partial charge in [0.2, 0.25) is 17.6 Å². The summed E-state index contributed by atoms with van der Waals surface area (Å²) >= 11 is 0. The number of hydrogen-bond acceptors (Lipinski definition) is 6. The van der Waals surface area contributed by atoms with Crippen LogP contribution >= 0.6 is 0 Å². The van der Waals surface area contributed by atoms with Gasteiger partial charge in [-0.1, -0.05) is 5.16 Å². The minimum atomic E-state index is 0.0166. The predicted octanol–water partition coefficient (Wildman–Crippen LogP) is 1.16. The topological polar surface area (TPSA) is 89.3 Å². The summed E-state index contributed by atoms with van der Waals surface area (Å²) in [6.07, 6.45) is 1.77. The second-order valence-electron chi connectivity index (χ2n) is 5.50. The maximum Gasteiger partial charge on any atom is 0.227 e. The summed E-state index contributed by atoms with van der Waals surface area (Å²) in [6, 6.07) is 7.66. The van der Waals surface area contributed by atoms with Gasteiger partial charge in [0, 0.05) is 31.0 Å². The van der Waals surface area contributed by atoms with E-state index < -0.39 is 0 Å². The zero-order chi connectivity index (χ0) is 16.1. The van der Waals surface area contributed by atoms with E-state index in [1.165, 1.54) is 0 Å². The summed E-state index contributed by atoms with van der Waals surface area (Å²) < 4.78 is 10.3. The monoisotopic (exact) mass is 316 g/mol. The Bertz CT molecular complexity index is 648. The first kappa shape index (κ1) is 15.5. The number of amides is 1. The van der Waals surface area contributed by atoms with Crippen molar-refractivity contribution in [2.75, 3.05) is 20.2 Å². The third kappa shape index (κ3) is 4.07. The van der Waals surface area contributed by atoms with Gasteiger partial charge in [0.15, 0.2) is 0 Å². The van der Waals surface area contributed by atoms with Gasteiger partial charge < -0.3 is 19.9 Å². The summed E-state index contributed by atoms with van der Waals surface area (Å²) in [6.45, 7) is 1.80. The smallest absolute Gasteiger partial charge is 0.227 e. The molecular weight excluding hydrogens is 296 g/mol. The van der Waals surface area contributed by atoms with Crippen molar-refractivity contribution in [1.82, 2.24) is 20.8 Å². The van der Waals surface area contributed by atoms with Crippen molar-refractivity contribution in [2.24, 2.45) is 0 Å². The Morgan fingerprint density at radius 2 is 2.26 bits per heavy atom. The maximum atomic E-state index is 11.9. The first-order chi connectivity index (χ1) is 11.2. The number of ether oxygens (including phenoxy) is 1. The van der Waals surface area contributed by atoms with Crippen LogP contribution in [0.1, 0.15) is 18.7 Å². The minimum Gasteiger partial charge on any atom is -0.497 e. The van der Waals surface area contributed by atoms with E-state index in [1.54, 1.807) is 7.11 Å². The molecule has 1 atom stereocenters. The molecule has 0 spiro atoms. The molecule has 0 bridgehead atoms. The zero-order valence-corrected chi connectivity index (χ0v) is 13.0. The Morgan fingerprint density at radius 3 is 2.96 bits per heavy atom. The molecule has 2 heterocycles. The standard InChI is InChI=1S/C16H20N4O3/c1-22-13-4-2-11(3-5-13)16-19-15(23-20-16)7-6-14(21)18-12-8-9-17-10-12/h2-5,12,17H,6-10H2,1H3,(H,18,21). The number of carbonyl (C=O) groups excluding carboxylic acids is 1. The van der Waals surface area contributed by atoms with Crippen LogP contribution in [0.2, 0.25) is 0 Å². The average molecular weight is 316 g/mol. The van der Waals surface area contributed by atoms with Crippen molar-refractivity contribution < 1.29 is 14.1 Å². The van der Waals surface area contributed by atoms with E-state index in [9.17, 15) is 4.79 Å². The van der Waals surface area contributed by atoms with E-state index in [-0.39, 0.29) is 11.9 Å². The van der Waals surface area contributed by atoms with E-state index in [4.69, 9.17) is 9.26 Å². The van der Waals surface area contributed by atoms with Gasteiger partial charge in [-0.3, -0.25) is 4.79 Å². The second kappa shape index (κ2) is 7.23. The highest BCUT2D eigenvalue weighted by Crippen LogP contribution is 2.19. The van der Waals surface area contributed by atoms with Gasteiger partial charge in [0.25, 0.3) is 0 Å². The van der Waals surface area contributed by atoms with Crippen LogP contribution in [0.15, 0.2) is 28.8 Å². The van der Waals surface area contributed by atoms with Crippen LogP contribution < -0.4 is 15.4 Å². The van der Waals surface area contributed by atoms with Gasteiger partial charge >= 0.3 is 0 Å². The molecule has 0 radical (unpaired) electrons. The highest BCUT2D eigenvalue weighted by Gasteiger charge is 2.17. The van der Waals surface area contributed by atoms with Gasteiger partial charge in [-0.25, -0.2) is 0 Å². The van der Waals surface area contributed by atoms with Gasteiger partial charge in [-0.15, -0.1) is 0 Å². The SMILES string of the molecule is COc1ccc(-c2noc(CCC(=O)NC3CCNC3)n2)cc1. The lowest BCUT2D eigenvalue weighted by Gasteiger charge is -2.10. The summed E-state index contributed by atoms with van der Waals surface area (Å²) in [4.78, 5) is 16.2. The van der Waals surface area contributed by atoms with Crippen LogP contribution in [0.5, 0.6) is 5.75 Å². The molecule has 1 aromatic heterocycles. The summed E-state index contributed by atoms with van der Waals surface area (Å²) in [7, 11) is 1.62. The third-order valence-corrected chi connectivity index (χ3v) is 3.81. The Balaban J connectivity index is 1.53. The molecule has 0 saturated carbocycles. The maximum absolute atomic E-state index is 11.9. The second-order valence-corrected chi connectivity index (χ2v) is 5.50. The molecule has 0 aliphatic carbocycles. The molecule has 7 heteroatoms. The number of rotatable bonds is 6. The number of aromatic nitrogens is 2. The Kier molecular flexibility index (Phi) is 4.87. The fourth-order valence-electron chi connectivity index (χ4n) is 2.51. The number of nitrogens with zero attached hydrogens (tertiary/aromatic N) is 2. The minimum absolute atomic E-state index is 0.0166. The number of aryl methyl sites for hydroxylation is 1. The normalized spacial score (nSPS) is 17.2. The molecule has 7 nitrogen and oxygen atoms in total. The van der Waals surface area contributed by atoms with Gasteiger partial charge in [0.1, 0.15) is 5.75 Å². The molecule has 1 saturated heterocycles. The zero-order valence-electron chi connectivity index (χ0n) is 13.0. The molecule has 1 fully saturated rings. The van der Waals surface area contributed by atoms with Crippen LogP contribution in [-0.2, 0) is 11.2 Å². The van der Waals surface area contributed by atoms with Crippen LogP contribution in [0.4, 0.5) is 0 Å². The first-order valence-electron chi connectivity index (χ1n) is 7.71. The number of methoxy groups -OCH3 is 1. The van der Waals surface area contributed by atoms with Crippen molar-refractivity contribution in [2.45, 2.75) is 25.3 Å². The summed E-state index contributed by atoms with van der Waals surface area (Å²) in [5, 5.41) is 10.2. The molecular formula is C16H20N4O3. The Morgan fingerprint density at radius 1 is 1.43 bits per heavy atom. The fourth-order valence-corrected chi connectivity index (χ4v) is 2.51. The third-order valence-electron chi connectivity index (χ3n) is 3.81. The fraction of sp³-hybridized carbons (Fsp3) is 0.438. The van der Waals surface area contributed by atoms with Crippen LogP contribution in [0.3, 0.4) is 0 Å². The van der Waals surface area contributed by atoms with Crippen LogP contribution in [0.25, 0.3) is 11.4 Å². The molecule has 3 rings (SSSR count). The van der Waals surface area contributed by atoms with Gasteiger partial charge in [0.05, 0.1) is 7.11 Å². The average Bonchev–Trinajstić information content (AvgIpc) is 3.25. The molecule has 23 heavy (non-hydrogen) atoms. The summed E-state index contributed by atoms with van der Waals surface area (Å²) in [5.74, 6) is 1.78. The Hall–Kier alpha value is -2.41. The van der Waals surface area contributed by atoms with E-state index >= 15 is 0 Å². The lowest BCUT2D eigenvalue weighted by molar-refractivity contribution is -0.121. The number of hydrogen-bond donors (Lipinski definition) is 2. The van der Waals surface area contributed by atoms with Crippen molar-refractivity contribution in [3.8, 4) is 17.1 Å². The lowest BCUT2D eigenvalue weighted by atomic mass is 10.2. The number of benzene rings is 1. The quantitative estimate of drug-likeness (QED) is 0.831. The number of nitrogens with one attached hydrogen (secondary N) is 2. The van der Waals surface area contributed by atoms with Crippen LogP contribution in [0, 0.1) is 0 Å². The van der Waals surface area contributed by atoms with Gasteiger partial charge in [-0.2, -0.15) is 4.98 Å². The predicted molar refractivity (Wildman–Crippen MR) is 84.0 cm³/mol. The molecule has 2 aromatic rings. The number of carbonyl (C=O) groups is 1. The molecule has 122 valence electrons. The van der Waals surface area contributed by atoms with Crippen molar-refractivity contribution >= 4 is 5.91 Å². The Labute approximate surface area is 134 Å².